The molecular formula is C22H20N2O4S3. The van der Waals surface area contributed by atoms with Crippen LogP contribution in [0.4, 0.5) is 5.13 Å². The Hall–Kier alpha value is -2.62. The van der Waals surface area contributed by atoms with E-state index in [1.54, 1.807) is 54.1 Å². The predicted octanol–water partition coefficient (Wildman–Crippen LogP) is 5.25. The molecule has 0 radical (unpaired) electrons. The molecule has 31 heavy (non-hydrogen) atoms. The van der Waals surface area contributed by atoms with Gasteiger partial charge in [0, 0.05) is 10.5 Å². The third kappa shape index (κ3) is 4.53. The van der Waals surface area contributed by atoms with Crippen LogP contribution in [-0.4, -0.2) is 31.3 Å². The largest absolute Gasteiger partial charge is 0.467 e. The zero-order valence-electron chi connectivity index (χ0n) is 16.9. The van der Waals surface area contributed by atoms with Crippen molar-refractivity contribution in [2.24, 2.45) is 0 Å². The van der Waals surface area contributed by atoms with Crippen LogP contribution < -0.4 is 4.90 Å². The van der Waals surface area contributed by atoms with Crippen molar-refractivity contribution in [1.82, 2.24) is 4.98 Å². The maximum absolute atomic E-state index is 13.4. The van der Waals surface area contributed by atoms with Gasteiger partial charge >= 0.3 is 0 Å². The average Bonchev–Trinajstić information content (AvgIpc) is 3.46. The molecule has 0 unspecified atom stereocenters. The van der Waals surface area contributed by atoms with E-state index >= 15 is 0 Å². The number of hydrogen-bond donors (Lipinski definition) is 0. The first-order chi connectivity index (χ1) is 14.9. The standard InChI is InChI=1S/C22H20N2O4S3/c1-3-31(26,27)18-9-6-15(7-10-18)21(25)24(14-16-5-4-12-28-16)22-23-19-11-8-17(29-2)13-20(19)30-22/h4-13H,3,14H2,1-2H3. The van der Waals surface area contributed by atoms with Crippen LogP contribution in [0.3, 0.4) is 0 Å². The van der Waals surface area contributed by atoms with Crippen molar-refractivity contribution in [2.45, 2.75) is 23.3 Å². The number of thiazole rings is 1. The van der Waals surface area contributed by atoms with E-state index < -0.39 is 9.84 Å². The fraction of sp³-hybridized carbons (Fsp3) is 0.182. The van der Waals surface area contributed by atoms with Crippen molar-refractivity contribution in [3.63, 3.8) is 0 Å². The van der Waals surface area contributed by atoms with Crippen molar-refractivity contribution in [3.05, 3.63) is 72.2 Å². The van der Waals surface area contributed by atoms with Gasteiger partial charge in [0.2, 0.25) is 0 Å². The molecule has 4 rings (SSSR count). The summed E-state index contributed by atoms with van der Waals surface area (Å²) < 4.78 is 30.6. The second-order valence-corrected chi connectivity index (χ2v) is 10.9. The molecule has 6 nitrogen and oxygen atoms in total. The van der Waals surface area contributed by atoms with Crippen LogP contribution >= 0.6 is 23.1 Å². The molecule has 0 aliphatic rings. The summed E-state index contributed by atoms with van der Waals surface area (Å²) in [4.78, 5) is 20.9. The second kappa shape index (κ2) is 8.86. The van der Waals surface area contributed by atoms with Crippen LogP contribution in [0.25, 0.3) is 10.2 Å². The number of hydrogen-bond acceptors (Lipinski definition) is 7. The fourth-order valence-electron chi connectivity index (χ4n) is 3.05. The first-order valence-electron chi connectivity index (χ1n) is 9.53. The number of fused-ring (bicyclic) bond motifs is 1. The van der Waals surface area contributed by atoms with E-state index in [1.807, 2.05) is 18.4 Å². The molecule has 0 bridgehead atoms. The number of furan rings is 1. The molecule has 2 heterocycles. The number of benzene rings is 2. The molecule has 0 fully saturated rings. The predicted molar refractivity (Wildman–Crippen MR) is 125 cm³/mol. The maximum Gasteiger partial charge on any atom is 0.260 e. The molecule has 1 amide bonds. The number of sulfone groups is 1. The summed E-state index contributed by atoms with van der Waals surface area (Å²) in [5.41, 5.74) is 1.20. The molecule has 9 heteroatoms. The van der Waals surface area contributed by atoms with Crippen molar-refractivity contribution in [3.8, 4) is 0 Å². The SMILES string of the molecule is CCS(=O)(=O)c1ccc(C(=O)N(Cc2ccco2)c2nc3ccc(SC)cc3s2)cc1. The van der Waals surface area contributed by atoms with E-state index in [9.17, 15) is 13.2 Å². The molecule has 0 atom stereocenters. The average molecular weight is 473 g/mol. The minimum Gasteiger partial charge on any atom is -0.467 e. The van der Waals surface area contributed by atoms with E-state index in [-0.39, 0.29) is 23.1 Å². The van der Waals surface area contributed by atoms with Gasteiger partial charge in [0.1, 0.15) is 5.76 Å². The molecule has 0 N–H and O–H groups in total. The Morgan fingerprint density at radius 1 is 1.16 bits per heavy atom. The second-order valence-electron chi connectivity index (χ2n) is 6.73. The number of thioether (sulfide) groups is 1. The molecule has 2 aromatic carbocycles. The van der Waals surface area contributed by atoms with Gasteiger partial charge in [-0.1, -0.05) is 18.3 Å². The number of amides is 1. The highest BCUT2D eigenvalue weighted by Crippen LogP contribution is 2.33. The lowest BCUT2D eigenvalue weighted by molar-refractivity contribution is 0.0983. The number of rotatable bonds is 7. The quantitative estimate of drug-likeness (QED) is 0.342. The van der Waals surface area contributed by atoms with E-state index in [0.717, 1.165) is 15.1 Å². The summed E-state index contributed by atoms with van der Waals surface area (Å²) >= 11 is 3.08. The van der Waals surface area contributed by atoms with Gasteiger partial charge in [-0.3, -0.25) is 9.69 Å². The summed E-state index contributed by atoms with van der Waals surface area (Å²) in [6.07, 6.45) is 3.57. The van der Waals surface area contributed by atoms with Gasteiger partial charge in [-0.25, -0.2) is 13.4 Å². The van der Waals surface area contributed by atoms with E-state index in [0.29, 0.717) is 16.5 Å². The van der Waals surface area contributed by atoms with E-state index in [1.165, 1.54) is 23.5 Å². The molecule has 0 saturated heterocycles. The Morgan fingerprint density at radius 3 is 2.58 bits per heavy atom. The van der Waals surface area contributed by atoms with Gasteiger partial charge in [-0.05, 0) is 60.9 Å². The van der Waals surface area contributed by atoms with Gasteiger partial charge in [0.25, 0.3) is 5.91 Å². The zero-order valence-corrected chi connectivity index (χ0v) is 19.4. The van der Waals surface area contributed by atoms with Gasteiger partial charge in [0.05, 0.1) is 33.7 Å². The molecule has 2 aromatic heterocycles. The molecule has 0 saturated carbocycles. The lowest BCUT2D eigenvalue weighted by Gasteiger charge is -2.19. The Labute approximate surface area is 188 Å². The molecule has 0 aliphatic heterocycles. The van der Waals surface area contributed by atoms with Crippen LogP contribution in [0.5, 0.6) is 0 Å². The Morgan fingerprint density at radius 2 is 1.94 bits per heavy atom. The lowest BCUT2D eigenvalue weighted by Crippen LogP contribution is -2.30. The first-order valence-corrected chi connectivity index (χ1v) is 13.2. The number of nitrogens with zero attached hydrogens (tertiary/aromatic N) is 2. The minimum atomic E-state index is -3.33. The van der Waals surface area contributed by atoms with Crippen LogP contribution in [0, 0.1) is 0 Å². The van der Waals surface area contributed by atoms with Crippen LogP contribution in [0.2, 0.25) is 0 Å². The topological polar surface area (TPSA) is 80.5 Å². The normalized spacial score (nSPS) is 11.7. The van der Waals surface area contributed by atoms with E-state index in [4.69, 9.17) is 4.42 Å². The van der Waals surface area contributed by atoms with Crippen LogP contribution in [-0.2, 0) is 16.4 Å². The highest BCUT2D eigenvalue weighted by atomic mass is 32.2. The fourth-order valence-corrected chi connectivity index (χ4v) is 5.45. The van der Waals surface area contributed by atoms with Crippen molar-refractivity contribution < 1.29 is 17.6 Å². The lowest BCUT2D eigenvalue weighted by atomic mass is 10.2. The Kier molecular flexibility index (Phi) is 6.17. The van der Waals surface area contributed by atoms with Gasteiger partial charge in [-0.2, -0.15) is 0 Å². The maximum atomic E-state index is 13.4. The Bertz CT molecular complexity index is 1310. The van der Waals surface area contributed by atoms with Crippen molar-refractivity contribution in [1.29, 1.82) is 0 Å². The Balaban J connectivity index is 1.72. The third-order valence-corrected chi connectivity index (χ3v) is 8.31. The van der Waals surface area contributed by atoms with Gasteiger partial charge in [-0.15, -0.1) is 11.8 Å². The van der Waals surface area contributed by atoms with Gasteiger partial charge in [0.15, 0.2) is 15.0 Å². The monoisotopic (exact) mass is 472 g/mol. The smallest absolute Gasteiger partial charge is 0.260 e. The molecule has 4 aromatic rings. The highest BCUT2D eigenvalue weighted by molar-refractivity contribution is 7.98. The number of carbonyl (C=O) groups is 1. The summed E-state index contributed by atoms with van der Waals surface area (Å²) in [5.74, 6) is 0.359. The highest BCUT2D eigenvalue weighted by Gasteiger charge is 2.23. The van der Waals surface area contributed by atoms with Crippen molar-refractivity contribution in [2.75, 3.05) is 16.9 Å². The van der Waals surface area contributed by atoms with Gasteiger partial charge < -0.3 is 4.42 Å². The molecule has 0 spiro atoms. The molecule has 160 valence electrons. The summed E-state index contributed by atoms with van der Waals surface area (Å²) in [6, 6.07) is 15.6. The summed E-state index contributed by atoms with van der Waals surface area (Å²) in [5, 5.41) is 0.555. The van der Waals surface area contributed by atoms with Crippen LogP contribution in [0.15, 0.2) is 75.1 Å². The number of anilines is 1. The van der Waals surface area contributed by atoms with Crippen LogP contribution in [0.1, 0.15) is 23.0 Å². The summed E-state index contributed by atoms with van der Waals surface area (Å²) in [6.45, 7) is 1.81. The zero-order chi connectivity index (χ0) is 22.0. The third-order valence-electron chi connectivity index (χ3n) is 4.79. The van der Waals surface area contributed by atoms with Crippen molar-refractivity contribution >= 4 is 54.2 Å². The molecule has 0 aliphatic carbocycles. The molecular weight excluding hydrogens is 452 g/mol. The number of aromatic nitrogens is 1. The minimum absolute atomic E-state index is 0.00858. The van der Waals surface area contributed by atoms with E-state index in [2.05, 4.69) is 11.1 Å². The number of carbonyl (C=O) groups excluding carboxylic acids is 1. The first kappa shape index (κ1) is 21.6. The summed E-state index contributed by atoms with van der Waals surface area (Å²) in [7, 11) is -3.33.